The fraction of sp³-hybridized carbons (Fsp3) is 0.847. The van der Waals surface area contributed by atoms with Crippen LogP contribution in [0.3, 0.4) is 0 Å². The number of rotatable bonds is 52. The highest BCUT2D eigenvalue weighted by Crippen LogP contribution is 2.16. The molecule has 65 heavy (non-hydrogen) atoms. The van der Waals surface area contributed by atoms with Gasteiger partial charge >= 0.3 is 17.9 Å². The lowest BCUT2D eigenvalue weighted by Gasteiger charge is -2.18. The zero-order valence-corrected chi connectivity index (χ0v) is 43.5. The van der Waals surface area contributed by atoms with Gasteiger partial charge in [-0.3, -0.25) is 14.4 Å². The smallest absolute Gasteiger partial charge is 0.306 e. The van der Waals surface area contributed by atoms with Crippen molar-refractivity contribution in [1.29, 1.82) is 0 Å². The van der Waals surface area contributed by atoms with Crippen LogP contribution in [0.5, 0.6) is 0 Å². The van der Waals surface area contributed by atoms with Gasteiger partial charge in [0.05, 0.1) is 0 Å². The summed E-state index contributed by atoms with van der Waals surface area (Å²) in [4.78, 5) is 38.1. The average molecular weight is 914 g/mol. The minimum absolute atomic E-state index is 0.0828. The Morgan fingerprint density at radius 3 is 0.923 bits per heavy atom. The molecule has 6 heteroatoms. The van der Waals surface area contributed by atoms with E-state index in [1.165, 1.54) is 199 Å². The molecule has 0 aliphatic rings. The third-order valence-electron chi connectivity index (χ3n) is 12.6. The molecule has 0 radical (unpaired) electrons. The molecule has 6 nitrogen and oxygen atoms in total. The largest absolute Gasteiger partial charge is 0.462 e. The Bertz CT molecular complexity index is 1090. The first-order chi connectivity index (χ1) is 32.0. The van der Waals surface area contributed by atoms with E-state index >= 15 is 0 Å². The third kappa shape index (κ3) is 52.5. The van der Waals surface area contributed by atoms with E-state index < -0.39 is 6.10 Å². The third-order valence-corrected chi connectivity index (χ3v) is 12.6. The van der Waals surface area contributed by atoms with Crippen LogP contribution in [0.4, 0.5) is 0 Å². The summed E-state index contributed by atoms with van der Waals surface area (Å²) >= 11 is 0. The van der Waals surface area contributed by atoms with Crippen LogP contribution >= 0.6 is 0 Å². The van der Waals surface area contributed by atoms with Crippen LogP contribution in [0.2, 0.25) is 0 Å². The van der Waals surface area contributed by atoms with E-state index in [9.17, 15) is 14.4 Å². The highest BCUT2D eigenvalue weighted by atomic mass is 16.6. The van der Waals surface area contributed by atoms with E-state index in [0.29, 0.717) is 25.7 Å². The van der Waals surface area contributed by atoms with Crippen molar-refractivity contribution >= 4 is 17.9 Å². The van der Waals surface area contributed by atoms with Gasteiger partial charge in [0.2, 0.25) is 0 Å². The molecular weight excluding hydrogens is 805 g/mol. The van der Waals surface area contributed by atoms with Crippen molar-refractivity contribution in [2.45, 2.75) is 309 Å². The van der Waals surface area contributed by atoms with E-state index in [1.807, 2.05) is 0 Å². The first-order valence-electron chi connectivity index (χ1n) is 28.5. The van der Waals surface area contributed by atoms with Gasteiger partial charge < -0.3 is 14.2 Å². The Kier molecular flexibility index (Phi) is 52.3. The summed E-state index contributed by atoms with van der Waals surface area (Å²) in [5.74, 6) is -0.919. The molecule has 0 aromatic rings. The summed E-state index contributed by atoms with van der Waals surface area (Å²) < 4.78 is 16.8. The molecule has 380 valence electrons. The van der Waals surface area contributed by atoms with Crippen molar-refractivity contribution in [3.8, 4) is 0 Å². The Labute approximate surface area is 404 Å². The van der Waals surface area contributed by atoms with Crippen molar-refractivity contribution in [2.24, 2.45) is 0 Å². The minimum Gasteiger partial charge on any atom is -0.462 e. The summed E-state index contributed by atoms with van der Waals surface area (Å²) in [6, 6.07) is 0. The molecule has 0 saturated carbocycles. The molecule has 0 bridgehead atoms. The number of carbonyl (C=O) groups excluding carboxylic acids is 3. The molecule has 0 aromatic carbocycles. The lowest BCUT2D eigenvalue weighted by molar-refractivity contribution is -0.167. The second-order valence-electron chi connectivity index (χ2n) is 19.2. The highest BCUT2D eigenvalue weighted by molar-refractivity contribution is 5.71. The van der Waals surface area contributed by atoms with Gasteiger partial charge in [0.1, 0.15) is 13.2 Å². The van der Waals surface area contributed by atoms with Gasteiger partial charge in [-0.15, -0.1) is 0 Å². The lowest BCUT2D eigenvalue weighted by atomic mass is 10.0. The summed E-state index contributed by atoms with van der Waals surface area (Å²) in [6.07, 6.45) is 64.2. The topological polar surface area (TPSA) is 78.9 Å². The van der Waals surface area contributed by atoms with Crippen LogP contribution < -0.4 is 0 Å². The highest BCUT2D eigenvalue weighted by Gasteiger charge is 2.19. The van der Waals surface area contributed by atoms with Gasteiger partial charge in [-0.25, -0.2) is 0 Å². The van der Waals surface area contributed by atoms with Crippen LogP contribution in [0.25, 0.3) is 0 Å². The first kappa shape index (κ1) is 62.6. The normalized spacial score (nSPS) is 12.2. The molecule has 0 N–H and O–H groups in total. The van der Waals surface area contributed by atoms with Crippen molar-refractivity contribution in [1.82, 2.24) is 0 Å². The van der Waals surface area contributed by atoms with Crippen LogP contribution in [0, 0.1) is 0 Å². The number of allylic oxidation sites excluding steroid dienone is 6. The number of unbranched alkanes of at least 4 members (excludes halogenated alkanes) is 35. The predicted octanol–water partition coefficient (Wildman–Crippen LogP) is 18.9. The number of hydrogen-bond donors (Lipinski definition) is 0. The Hall–Kier alpha value is -2.37. The summed E-state index contributed by atoms with van der Waals surface area (Å²) in [5.41, 5.74) is 0. The average Bonchev–Trinajstić information content (AvgIpc) is 3.30. The van der Waals surface area contributed by atoms with Crippen LogP contribution in [0.1, 0.15) is 303 Å². The molecule has 0 aromatic heterocycles. The number of esters is 3. The van der Waals surface area contributed by atoms with Gasteiger partial charge in [-0.2, -0.15) is 0 Å². The molecule has 0 aliphatic carbocycles. The van der Waals surface area contributed by atoms with Gasteiger partial charge in [0.15, 0.2) is 6.10 Å². The van der Waals surface area contributed by atoms with E-state index in [-0.39, 0.29) is 31.1 Å². The molecule has 0 saturated heterocycles. The van der Waals surface area contributed by atoms with Crippen molar-refractivity contribution < 1.29 is 28.6 Å². The standard InChI is InChI=1S/C59H108O6/c1-4-7-10-13-16-19-22-25-28-30-32-34-37-40-43-46-49-52-58(61)64-55-56(54-63-57(60)51-48-45-42-39-36-33-27-24-21-18-15-12-9-6-3)65-59(62)53-50-47-44-41-38-35-31-29-26-23-20-17-14-11-8-5-2/h25,28,32,34,40,43,56H,4-24,26-27,29-31,33,35-39,41-42,44-55H2,1-3H3/b28-25-,34-32-,43-40-. The molecule has 0 spiro atoms. The van der Waals surface area contributed by atoms with Crippen molar-refractivity contribution in [3.05, 3.63) is 36.5 Å². The second kappa shape index (κ2) is 54.2. The van der Waals surface area contributed by atoms with Gasteiger partial charge in [0, 0.05) is 19.3 Å². The molecule has 1 unspecified atom stereocenters. The van der Waals surface area contributed by atoms with Crippen LogP contribution in [-0.4, -0.2) is 37.2 Å². The molecule has 0 rings (SSSR count). The van der Waals surface area contributed by atoms with Crippen molar-refractivity contribution in [2.75, 3.05) is 13.2 Å². The number of ether oxygens (including phenoxy) is 3. The van der Waals surface area contributed by atoms with E-state index in [1.54, 1.807) is 0 Å². The first-order valence-corrected chi connectivity index (χ1v) is 28.5. The fourth-order valence-electron chi connectivity index (χ4n) is 8.34. The lowest BCUT2D eigenvalue weighted by Crippen LogP contribution is -2.30. The monoisotopic (exact) mass is 913 g/mol. The molecule has 1 atom stereocenters. The van der Waals surface area contributed by atoms with E-state index in [0.717, 1.165) is 57.8 Å². The quantitative estimate of drug-likeness (QED) is 0.0262. The maximum Gasteiger partial charge on any atom is 0.306 e. The molecule has 0 fully saturated rings. The number of hydrogen-bond acceptors (Lipinski definition) is 6. The van der Waals surface area contributed by atoms with Crippen LogP contribution in [-0.2, 0) is 28.6 Å². The number of carbonyl (C=O) groups is 3. The Morgan fingerprint density at radius 1 is 0.308 bits per heavy atom. The summed E-state index contributed by atoms with van der Waals surface area (Å²) in [6.45, 7) is 6.63. The SMILES string of the molecule is CCCCCCCC/C=C\C/C=C\C/C=C\CCCC(=O)OCC(COC(=O)CCCCCCCCCCCCCCCC)OC(=O)CCCCCCCCCCCCCCCCCC. The Morgan fingerprint density at radius 2 is 0.569 bits per heavy atom. The molecule has 0 heterocycles. The molecule has 0 amide bonds. The second-order valence-corrected chi connectivity index (χ2v) is 19.2. The van der Waals surface area contributed by atoms with Crippen molar-refractivity contribution in [3.63, 3.8) is 0 Å². The summed E-state index contributed by atoms with van der Waals surface area (Å²) in [5, 5.41) is 0. The molecular formula is C59H108O6. The van der Waals surface area contributed by atoms with Gasteiger partial charge in [-0.1, -0.05) is 269 Å². The zero-order chi connectivity index (χ0) is 47.2. The zero-order valence-electron chi connectivity index (χ0n) is 43.5. The van der Waals surface area contributed by atoms with Gasteiger partial charge in [-0.05, 0) is 51.4 Å². The van der Waals surface area contributed by atoms with Crippen LogP contribution in [0.15, 0.2) is 36.5 Å². The van der Waals surface area contributed by atoms with Gasteiger partial charge in [0.25, 0.3) is 0 Å². The Balaban J connectivity index is 4.40. The summed E-state index contributed by atoms with van der Waals surface area (Å²) in [7, 11) is 0. The van der Waals surface area contributed by atoms with E-state index in [2.05, 4.69) is 57.2 Å². The minimum atomic E-state index is -0.787. The van der Waals surface area contributed by atoms with E-state index in [4.69, 9.17) is 14.2 Å². The fourth-order valence-corrected chi connectivity index (χ4v) is 8.34. The maximum absolute atomic E-state index is 12.8. The predicted molar refractivity (Wildman–Crippen MR) is 279 cm³/mol. The molecule has 0 aliphatic heterocycles. The maximum atomic E-state index is 12.8.